The summed E-state index contributed by atoms with van der Waals surface area (Å²) < 4.78 is 4.76. The molecule has 0 rings (SSSR count). The number of rotatable bonds is 7. The summed E-state index contributed by atoms with van der Waals surface area (Å²) in [6, 6.07) is -1.16. The number of carbonyl (C=O) groups excluding carboxylic acids is 2. The third-order valence-corrected chi connectivity index (χ3v) is 1.82. The molecule has 7 nitrogen and oxygen atoms in total. The number of primary amides is 1. The van der Waals surface area contributed by atoms with Gasteiger partial charge < -0.3 is 20.9 Å². The second kappa shape index (κ2) is 7.48. The SMILES string of the molecule is CC(C)COC(=O)N[C@@H](CCC(N)=O)C(=O)O. The first-order valence-electron chi connectivity index (χ1n) is 5.27. The summed E-state index contributed by atoms with van der Waals surface area (Å²) in [5, 5.41) is 10.9. The summed E-state index contributed by atoms with van der Waals surface area (Å²) in [5.74, 6) is -1.68. The van der Waals surface area contributed by atoms with Gasteiger partial charge in [0.2, 0.25) is 5.91 Å². The molecule has 0 fully saturated rings. The van der Waals surface area contributed by atoms with Crippen molar-refractivity contribution in [3.63, 3.8) is 0 Å². The summed E-state index contributed by atoms with van der Waals surface area (Å²) in [5.41, 5.74) is 4.89. The minimum atomic E-state index is -1.23. The number of nitrogens with two attached hydrogens (primary N) is 1. The Morgan fingerprint density at radius 3 is 2.35 bits per heavy atom. The van der Waals surface area contributed by atoms with E-state index >= 15 is 0 Å². The smallest absolute Gasteiger partial charge is 0.407 e. The molecule has 0 saturated heterocycles. The Kier molecular flexibility index (Phi) is 6.69. The molecule has 7 heteroatoms. The number of carbonyl (C=O) groups is 3. The predicted octanol–water partition coefficient (Wildman–Crippen LogP) is 0.0873. The number of carboxylic acid groups (broad SMARTS) is 1. The summed E-state index contributed by atoms with van der Waals surface area (Å²) >= 11 is 0. The Morgan fingerprint density at radius 1 is 1.35 bits per heavy atom. The van der Waals surface area contributed by atoms with Crippen molar-refractivity contribution in [3.8, 4) is 0 Å². The number of nitrogens with one attached hydrogen (secondary N) is 1. The normalized spacial score (nSPS) is 11.9. The largest absolute Gasteiger partial charge is 0.480 e. The molecule has 0 heterocycles. The van der Waals surface area contributed by atoms with E-state index in [0.29, 0.717) is 0 Å². The highest BCUT2D eigenvalue weighted by atomic mass is 16.5. The summed E-state index contributed by atoms with van der Waals surface area (Å²) in [4.78, 5) is 32.5. The minimum Gasteiger partial charge on any atom is -0.480 e. The van der Waals surface area contributed by atoms with Gasteiger partial charge in [0.1, 0.15) is 6.04 Å². The number of ether oxygens (including phenoxy) is 1. The van der Waals surface area contributed by atoms with Gasteiger partial charge >= 0.3 is 12.1 Å². The molecule has 1 atom stereocenters. The second-order valence-corrected chi connectivity index (χ2v) is 4.03. The maximum Gasteiger partial charge on any atom is 0.407 e. The van der Waals surface area contributed by atoms with E-state index in [0.717, 1.165) is 0 Å². The summed E-state index contributed by atoms with van der Waals surface area (Å²) in [7, 11) is 0. The van der Waals surface area contributed by atoms with Crippen LogP contribution in [0, 0.1) is 5.92 Å². The van der Waals surface area contributed by atoms with Crippen LogP contribution in [-0.2, 0) is 14.3 Å². The first-order valence-corrected chi connectivity index (χ1v) is 5.27. The molecule has 0 aliphatic rings. The first kappa shape index (κ1) is 15.2. The zero-order chi connectivity index (χ0) is 13.4. The van der Waals surface area contributed by atoms with Crippen molar-refractivity contribution < 1.29 is 24.2 Å². The van der Waals surface area contributed by atoms with Crippen molar-refractivity contribution in [3.05, 3.63) is 0 Å². The topological polar surface area (TPSA) is 119 Å². The molecule has 98 valence electrons. The van der Waals surface area contributed by atoms with Crippen molar-refractivity contribution in [1.29, 1.82) is 0 Å². The van der Waals surface area contributed by atoms with Crippen LogP contribution in [0.1, 0.15) is 26.7 Å². The molecule has 0 aromatic heterocycles. The van der Waals surface area contributed by atoms with Crippen LogP contribution in [0.2, 0.25) is 0 Å². The van der Waals surface area contributed by atoms with E-state index in [1.165, 1.54) is 0 Å². The van der Waals surface area contributed by atoms with Crippen LogP contribution in [0.3, 0.4) is 0 Å². The quantitative estimate of drug-likeness (QED) is 0.588. The lowest BCUT2D eigenvalue weighted by Gasteiger charge is -2.14. The third-order valence-electron chi connectivity index (χ3n) is 1.82. The molecule has 0 spiro atoms. The number of hydrogen-bond donors (Lipinski definition) is 3. The van der Waals surface area contributed by atoms with Gasteiger partial charge in [-0.25, -0.2) is 9.59 Å². The average molecular weight is 246 g/mol. The Labute approximate surface area is 99.3 Å². The standard InChI is InChI=1S/C10H18N2O5/c1-6(2)5-17-10(16)12-7(9(14)15)3-4-8(11)13/h6-7H,3-5H2,1-2H3,(H2,11,13)(H,12,16)(H,14,15)/t7-/m0/s1. The molecule has 2 amide bonds. The van der Waals surface area contributed by atoms with Gasteiger partial charge in [0, 0.05) is 6.42 Å². The van der Waals surface area contributed by atoms with Crippen LogP contribution in [0.25, 0.3) is 0 Å². The molecular weight excluding hydrogens is 228 g/mol. The molecule has 0 unspecified atom stereocenters. The molecule has 4 N–H and O–H groups in total. The molecule has 17 heavy (non-hydrogen) atoms. The monoisotopic (exact) mass is 246 g/mol. The van der Waals surface area contributed by atoms with E-state index in [4.69, 9.17) is 15.6 Å². The number of amides is 2. The van der Waals surface area contributed by atoms with Crippen LogP contribution in [-0.4, -0.2) is 35.7 Å². The fraction of sp³-hybridized carbons (Fsp3) is 0.700. The van der Waals surface area contributed by atoms with Gasteiger partial charge in [-0.1, -0.05) is 13.8 Å². The third kappa shape index (κ3) is 8.06. The zero-order valence-corrected chi connectivity index (χ0v) is 9.93. The summed E-state index contributed by atoms with van der Waals surface area (Å²) in [6.45, 7) is 3.91. The lowest BCUT2D eigenvalue weighted by Crippen LogP contribution is -2.42. The maximum atomic E-state index is 11.2. The number of hydrogen-bond acceptors (Lipinski definition) is 4. The van der Waals surface area contributed by atoms with Crippen LogP contribution < -0.4 is 11.1 Å². The molecule has 0 bridgehead atoms. The fourth-order valence-corrected chi connectivity index (χ4v) is 0.970. The van der Waals surface area contributed by atoms with Crippen LogP contribution in [0.5, 0.6) is 0 Å². The highest BCUT2D eigenvalue weighted by molar-refractivity contribution is 5.81. The van der Waals surface area contributed by atoms with E-state index in [1.54, 1.807) is 0 Å². The van der Waals surface area contributed by atoms with E-state index in [1.807, 2.05) is 13.8 Å². The highest BCUT2D eigenvalue weighted by Crippen LogP contribution is 1.99. The van der Waals surface area contributed by atoms with E-state index < -0.39 is 24.0 Å². The van der Waals surface area contributed by atoms with E-state index in [2.05, 4.69) is 5.32 Å². The van der Waals surface area contributed by atoms with Gasteiger partial charge in [0.25, 0.3) is 0 Å². The van der Waals surface area contributed by atoms with Gasteiger partial charge in [0.05, 0.1) is 6.61 Å². The Bertz CT molecular complexity index is 290. The van der Waals surface area contributed by atoms with Crippen LogP contribution in [0.4, 0.5) is 4.79 Å². The molecule has 0 aliphatic carbocycles. The Morgan fingerprint density at radius 2 is 1.94 bits per heavy atom. The minimum absolute atomic E-state index is 0.0541. The molecular formula is C10H18N2O5. The van der Waals surface area contributed by atoms with Gasteiger partial charge in [-0.3, -0.25) is 4.79 Å². The van der Waals surface area contributed by atoms with Gasteiger partial charge in [0.15, 0.2) is 0 Å². The highest BCUT2D eigenvalue weighted by Gasteiger charge is 2.21. The van der Waals surface area contributed by atoms with Crippen LogP contribution >= 0.6 is 0 Å². The van der Waals surface area contributed by atoms with Crippen LogP contribution in [0.15, 0.2) is 0 Å². The average Bonchev–Trinajstić information content (AvgIpc) is 2.20. The Hall–Kier alpha value is -1.79. The fourth-order valence-electron chi connectivity index (χ4n) is 0.970. The number of aliphatic carboxylic acids is 1. The van der Waals surface area contributed by atoms with E-state index in [-0.39, 0.29) is 25.4 Å². The van der Waals surface area contributed by atoms with Gasteiger partial charge in [-0.15, -0.1) is 0 Å². The van der Waals surface area contributed by atoms with Gasteiger partial charge in [-0.2, -0.15) is 0 Å². The zero-order valence-electron chi connectivity index (χ0n) is 9.93. The van der Waals surface area contributed by atoms with Crippen molar-refractivity contribution in [1.82, 2.24) is 5.32 Å². The second-order valence-electron chi connectivity index (χ2n) is 4.03. The summed E-state index contributed by atoms with van der Waals surface area (Å²) in [6.07, 6.45) is -0.973. The number of alkyl carbamates (subject to hydrolysis) is 1. The van der Waals surface area contributed by atoms with Crippen molar-refractivity contribution >= 4 is 18.0 Å². The molecule has 0 aromatic carbocycles. The first-order chi connectivity index (χ1) is 7.82. The maximum absolute atomic E-state index is 11.2. The van der Waals surface area contributed by atoms with Crippen molar-refractivity contribution in [2.75, 3.05) is 6.61 Å². The van der Waals surface area contributed by atoms with E-state index in [9.17, 15) is 14.4 Å². The molecule has 0 radical (unpaired) electrons. The molecule has 0 saturated carbocycles. The molecule has 0 aliphatic heterocycles. The predicted molar refractivity (Wildman–Crippen MR) is 59.2 cm³/mol. The Balaban J connectivity index is 4.11. The van der Waals surface area contributed by atoms with Gasteiger partial charge in [-0.05, 0) is 12.3 Å². The van der Waals surface area contributed by atoms with Crippen molar-refractivity contribution in [2.45, 2.75) is 32.7 Å². The lowest BCUT2D eigenvalue weighted by atomic mass is 10.1. The number of carboxylic acids is 1. The molecule has 0 aromatic rings. The van der Waals surface area contributed by atoms with Crippen molar-refractivity contribution in [2.24, 2.45) is 11.7 Å². The lowest BCUT2D eigenvalue weighted by molar-refractivity contribution is -0.139.